The van der Waals surface area contributed by atoms with Crippen molar-refractivity contribution >= 4 is 5.69 Å². The van der Waals surface area contributed by atoms with Crippen LogP contribution in [-0.4, -0.2) is 14.2 Å². The van der Waals surface area contributed by atoms with Crippen LogP contribution in [0.25, 0.3) is 0 Å². The lowest BCUT2D eigenvalue weighted by molar-refractivity contribution is 0.385. The summed E-state index contributed by atoms with van der Waals surface area (Å²) in [6.07, 6.45) is 1.06. The van der Waals surface area contributed by atoms with E-state index in [2.05, 4.69) is 42.6 Å². The molecule has 2 aromatic carbocycles. The maximum absolute atomic E-state index is 5.54. The van der Waals surface area contributed by atoms with Crippen LogP contribution in [0.2, 0.25) is 0 Å². The van der Waals surface area contributed by atoms with Crippen LogP contribution in [0.15, 0.2) is 42.5 Å². The van der Waals surface area contributed by atoms with Crippen LogP contribution in [0.1, 0.15) is 24.1 Å². The van der Waals surface area contributed by atoms with Gasteiger partial charge in [0, 0.05) is 11.3 Å². The van der Waals surface area contributed by atoms with E-state index >= 15 is 0 Å². The monoisotopic (exact) mass is 283 g/mol. The van der Waals surface area contributed by atoms with E-state index in [-0.39, 0.29) is 6.04 Å². The van der Waals surface area contributed by atoms with Gasteiger partial charge >= 0.3 is 0 Å². The maximum Gasteiger partial charge on any atom is 0.124 e. The highest BCUT2D eigenvalue weighted by Gasteiger charge is 2.28. The quantitative estimate of drug-likeness (QED) is 0.922. The summed E-state index contributed by atoms with van der Waals surface area (Å²) in [6.45, 7) is 2.27. The van der Waals surface area contributed by atoms with Gasteiger partial charge in [-0.3, -0.25) is 0 Å². The lowest BCUT2D eigenvalue weighted by atomic mass is 9.84. The molecule has 0 aromatic heterocycles. The third-order valence-electron chi connectivity index (χ3n) is 4.21. The first-order valence-corrected chi connectivity index (χ1v) is 7.29. The Morgan fingerprint density at radius 1 is 1.05 bits per heavy atom. The Kier molecular flexibility index (Phi) is 3.74. The summed E-state index contributed by atoms with van der Waals surface area (Å²) in [6, 6.07) is 14.7. The Labute approximate surface area is 125 Å². The van der Waals surface area contributed by atoms with Gasteiger partial charge in [-0.1, -0.05) is 25.1 Å². The van der Waals surface area contributed by atoms with Crippen molar-refractivity contribution in [2.24, 2.45) is 5.92 Å². The topological polar surface area (TPSA) is 30.5 Å². The third kappa shape index (κ3) is 2.56. The Hall–Kier alpha value is -2.16. The van der Waals surface area contributed by atoms with Crippen molar-refractivity contribution in [2.75, 3.05) is 19.5 Å². The number of anilines is 1. The van der Waals surface area contributed by atoms with Crippen molar-refractivity contribution < 1.29 is 9.47 Å². The highest BCUT2D eigenvalue weighted by Crippen LogP contribution is 2.40. The lowest BCUT2D eigenvalue weighted by Gasteiger charge is -2.34. The second-order valence-electron chi connectivity index (χ2n) is 5.57. The van der Waals surface area contributed by atoms with Crippen molar-refractivity contribution in [3.63, 3.8) is 0 Å². The minimum Gasteiger partial charge on any atom is -0.497 e. The van der Waals surface area contributed by atoms with E-state index in [0.29, 0.717) is 5.92 Å². The first-order chi connectivity index (χ1) is 10.2. The predicted octanol–water partition coefficient (Wildman–Crippen LogP) is 4.05. The number of rotatable bonds is 3. The summed E-state index contributed by atoms with van der Waals surface area (Å²) in [5.74, 6) is 2.25. The van der Waals surface area contributed by atoms with Gasteiger partial charge in [-0.15, -0.1) is 0 Å². The summed E-state index contributed by atoms with van der Waals surface area (Å²) >= 11 is 0. The molecule has 110 valence electrons. The summed E-state index contributed by atoms with van der Waals surface area (Å²) in [5, 5.41) is 3.65. The molecule has 1 N–H and O–H groups in total. The van der Waals surface area contributed by atoms with E-state index in [4.69, 9.17) is 9.47 Å². The van der Waals surface area contributed by atoms with Gasteiger partial charge in [0.2, 0.25) is 0 Å². The van der Waals surface area contributed by atoms with Crippen molar-refractivity contribution in [3.05, 3.63) is 53.6 Å². The highest BCUT2D eigenvalue weighted by molar-refractivity contribution is 5.57. The lowest BCUT2D eigenvalue weighted by Crippen LogP contribution is -2.26. The van der Waals surface area contributed by atoms with E-state index in [0.717, 1.165) is 23.5 Å². The summed E-state index contributed by atoms with van der Waals surface area (Å²) in [5.41, 5.74) is 3.74. The molecule has 1 aliphatic rings. The normalized spacial score (nSPS) is 20.3. The van der Waals surface area contributed by atoms with Gasteiger partial charge in [-0.2, -0.15) is 0 Å². The minimum atomic E-state index is 0.227. The second-order valence-corrected chi connectivity index (χ2v) is 5.57. The van der Waals surface area contributed by atoms with Crippen molar-refractivity contribution in [3.8, 4) is 11.5 Å². The highest BCUT2D eigenvalue weighted by atomic mass is 16.5. The van der Waals surface area contributed by atoms with Gasteiger partial charge < -0.3 is 14.8 Å². The molecular weight excluding hydrogens is 262 g/mol. The molecule has 0 fully saturated rings. The molecule has 3 nitrogen and oxygen atoms in total. The van der Waals surface area contributed by atoms with Gasteiger partial charge in [0.15, 0.2) is 0 Å². The molecule has 0 spiro atoms. The van der Waals surface area contributed by atoms with E-state index in [1.807, 2.05) is 12.1 Å². The van der Waals surface area contributed by atoms with Gasteiger partial charge in [0.1, 0.15) is 11.5 Å². The fourth-order valence-electron chi connectivity index (χ4n) is 3.08. The molecule has 0 bridgehead atoms. The molecule has 1 aliphatic heterocycles. The molecule has 21 heavy (non-hydrogen) atoms. The number of methoxy groups -OCH3 is 2. The maximum atomic E-state index is 5.54. The van der Waals surface area contributed by atoms with Gasteiger partial charge in [0.05, 0.1) is 20.3 Å². The molecule has 2 atom stereocenters. The number of benzene rings is 2. The largest absolute Gasteiger partial charge is 0.497 e. The average Bonchev–Trinajstić information content (AvgIpc) is 2.53. The van der Waals surface area contributed by atoms with Crippen LogP contribution in [0, 0.1) is 5.92 Å². The smallest absolute Gasteiger partial charge is 0.124 e. The van der Waals surface area contributed by atoms with E-state index in [1.165, 1.54) is 11.3 Å². The zero-order valence-corrected chi connectivity index (χ0v) is 12.7. The fourth-order valence-corrected chi connectivity index (χ4v) is 3.08. The molecule has 0 aliphatic carbocycles. The van der Waals surface area contributed by atoms with Crippen LogP contribution in [0.3, 0.4) is 0 Å². The summed E-state index contributed by atoms with van der Waals surface area (Å²) in [4.78, 5) is 0. The summed E-state index contributed by atoms with van der Waals surface area (Å²) in [7, 11) is 3.41. The molecule has 0 radical (unpaired) electrons. The zero-order chi connectivity index (χ0) is 14.8. The number of hydrogen-bond acceptors (Lipinski definition) is 3. The molecule has 3 rings (SSSR count). The van der Waals surface area contributed by atoms with Gasteiger partial charge in [-0.25, -0.2) is 0 Å². The second kappa shape index (κ2) is 5.68. The predicted molar refractivity (Wildman–Crippen MR) is 85.2 cm³/mol. The average molecular weight is 283 g/mol. The van der Waals surface area contributed by atoms with Crippen LogP contribution in [0.4, 0.5) is 5.69 Å². The molecule has 3 heteroatoms. The Morgan fingerprint density at radius 3 is 2.62 bits per heavy atom. The number of fused-ring (bicyclic) bond motifs is 1. The number of nitrogens with one attached hydrogen (secondary N) is 1. The molecular formula is C18H21NO2. The zero-order valence-electron chi connectivity index (χ0n) is 12.7. The Morgan fingerprint density at radius 2 is 1.86 bits per heavy atom. The van der Waals surface area contributed by atoms with Gasteiger partial charge in [-0.05, 0) is 42.2 Å². The van der Waals surface area contributed by atoms with Crippen LogP contribution in [0.5, 0.6) is 11.5 Å². The van der Waals surface area contributed by atoms with Crippen molar-refractivity contribution in [1.82, 2.24) is 0 Å². The van der Waals surface area contributed by atoms with Crippen LogP contribution in [-0.2, 0) is 6.42 Å². The van der Waals surface area contributed by atoms with Crippen molar-refractivity contribution in [1.29, 1.82) is 0 Å². The number of para-hydroxylation sites is 1. The van der Waals surface area contributed by atoms with E-state index in [9.17, 15) is 0 Å². The molecule has 0 saturated heterocycles. The Balaban J connectivity index is 2.00. The number of hydrogen-bond donors (Lipinski definition) is 1. The fraction of sp³-hybridized carbons (Fsp3) is 0.333. The first kappa shape index (κ1) is 13.8. The molecule has 1 heterocycles. The number of ether oxygens (including phenoxy) is 2. The molecule has 0 amide bonds. The third-order valence-corrected chi connectivity index (χ3v) is 4.21. The van der Waals surface area contributed by atoms with Crippen LogP contribution >= 0.6 is 0 Å². The van der Waals surface area contributed by atoms with E-state index < -0.39 is 0 Å². The van der Waals surface area contributed by atoms with Crippen molar-refractivity contribution in [2.45, 2.75) is 19.4 Å². The molecule has 0 saturated carbocycles. The summed E-state index contributed by atoms with van der Waals surface area (Å²) < 4.78 is 10.9. The van der Waals surface area contributed by atoms with Gasteiger partial charge in [0.25, 0.3) is 0 Å². The standard InChI is InChI=1S/C18H21NO2/c1-12-10-13-6-4-5-7-16(13)19-18(12)15-11-14(20-2)8-9-17(15)21-3/h4-9,11-12,18-19H,10H2,1-3H3. The molecule has 2 aromatic rings. The van der Waals surface area contributed by atoms with Crippen LogP contribution < -0.4 is 14.8 Å². The minimum absolute atomic E-state index is 0.227. The Bertz CT molecular complexity index is 639. The molecule has 2 unspecified atom stereocenters. The SMILES string of the molecule is COc1ccc(OC)c(C2Nc3ccccc3CC2C)c1. The first-order valence-electron chi connectivity index (χ1n) is 7.29. The van der Waals surface area contributed by atoms with E-state index in [1.54, 1.807) is 14.2 Å².